The minimum absolute atomic E-state index is 0.153. The van der Waals surface area contributed by atoms with Crippen LogP contribution in [0.25, 0.3) is 11.3 Å². The number of halogens is 2. The molecule has 0 aliphatic heterocycles. The molecule has 23 heavy (non-hydrogen) atoms. The van der Waals surface area contributed by atoms with Crippen LogP contribution in [-0.4, -0.2) is 15.7 Å². The van der Waals surface area contributed by atoms with Gasteiger partial charge in [-0.05, 0) is 31.4 Å². The van der Waals surface area contributed by atoms with Gasteiger partial charge in [-0.2, -0.15) is 5.10 Å². The number of hydrogen-bond donors (Lipinski definition) is 2. The fraction of sp³-hybridized carbons (Fsp3) is 0.375. The first-order chi connectivity index (χ1) is 11.0. The van der Waals surface area contributed by atoms with Crippen LogP contribution in [0.1, 0.15) is 36.6 Å². The van der Waals surface area contributed by atoms with Gasteiger partial charge in [0, 0.05) is 41.9 Å². The van der Waals surface area contributed by atoms with Crippen LogP contribution < -0.4 is 11.5 Å². The number of aryl methyl sites for hydroxylation is 1. The molecule has 7 heteroatoms. The number of hydrogen-bond acceptors (Lipinski definition) is 3. The first-order valence-electron chi connectivity index (χ1n) is 7.55. The van der Waals surface area contributed by atoms with Crippen molar-refractivity contribution in [3.8, 4) is 11.3 Å². The number of nitrogens with two attached hydrogens (primary N) is 2. The molecule has 1 amide bonds. The monoisotopic (exact) mass is 320 g/mol. The van der Waals surface area contributed by atoms with Gasteiger partial charge in [-0.25, -0.2) is 8.78 Å². The summed E-state index contributed by atoms with van der Waals surface area (Å²) in [6.07, 6.45) is 2.62. The van der Waals surface area contributed by atoms with E-state index in [2.05, 4.69) is 5.10 Å². The molecule has 0 saturated carbocycles. The number of carbonyl (C=O) groups excluding carboxylic acids is 1. The van der Waals surface area contributed by atoms with Crippen LogP contribution >= 0.6 is 0 Å². The maximum absolute atomic E-state index is 13.5. The Morgan fingerprint density at radius 2 is 2.00 bits per heavy atom. The van der Waals surface area contributed by atoms with Gasteiger partial charge in [-0.1, -0.05) is 0 Å². The molecule has 0 saturated heterocycles. The average molecular weight is 320 g/mol. The van der Waals surface area contributed by atoms with E-state index in [9.17, 15) is 13.6 Å². The van der Waals surface area contributed by atoms with Gasteiger partial charge in [0.1, 0.15) is 11.6 Å². The predicted octanol–water partition coefficient (Wildman–Crippen LogP) is 2.04. The number of benzene rings is 1. The van der Waals surface area contributed by atoms with E-state index in [1.165, 1.54) is 12.1 Å². The summed E-state index contributed by atoms with van der Waals surface area (Å²) < 4.78 is 28.8. The molecule has 0 fully saturated rings. The average Bonchev–Trinajstić information content (AvgIpc) is 2.84. The van der Waals surface area contributed by atoms with Gasteiger partial charge in [0.2, 0.25) is 5.91 Å². The summed E-state index contributed by atoms with van der Waals surface area (Å²) >= 11 is 0. The highest BCUT2D eigenvalue weighted by Gasteiger charge is 2.27. The molecule has 1 atom stereocenters. The van der Waals surface area contributed by atoms with Crippen LogP contribution in [0.3, 0.4) is 0 Å². The van der Waals surface area contributed by atoms with E-state index in [1.54, 1.807) is 4.68 Å². The third kappa shape index (κ3) is 3.10. The molecule has 1 aromatic carbocycles. The highest BCUT2D eigenvalue weighted by atomic mass is 19.1. The summed E-state index contributed by atoms with van der Waals surface area (Å²) in [5, 5.41) is 4.46. The summed E-state index contributed by atoms with van der Waals surface area (Å²) in [6, 6.07) is 3.07. The van der Waals surface area contributed by atoms with Crippen LogP contribution in [0.2, 0.25) is 0 Å². The highest BCUT2D eigenvalue weighted by Crippen LogP contribution is 2.36. The summed E-state index contributed by atoms with van der Waals surface area (Å²) in [6.45, 7) is 0.336. The van der Waals surface area contributed by atoms with Crippen molar-refractivity contribution < 1.29 is 13.6 Å². The van der Waals surface area contributed by atoms with Crippen LogP contribution in [0, 0.1) is 11.6 Å². The number of fused-ring (bicyclic) bond motifs is 1. The maximum Gasteiger partial charge on any atom is 0.219 e. The molecule has 0 spiro atoms. The number of carbonyl (C=O) groups is 1. The molecular weight excluding hydrogens is 302 g/mol. The second kappa shape index (κ2) is 6.08. The summed E-state index contributed by atoms with van der Waals surface area (Å²) in [5.74, 6) is -1.75. The SMILES string of the molecule is NC(=O)CCn1nc(-c2cc(F)cc(F)c2)c2c1CCCC2N. The molecule has 1 aromatic heterocycles. The van der Waals surface area contributed by atoms with Gasteiger partial charge in [0.15, 0.2) is 0 Å². The van der Waals surface area contributed by atoms with Crippen molar-refractivity contribution in [3.63, 3.8) is 0 Å². The van der Waals surface area contributed by atoms with Gasteiger partial charge in [0.05, 0.1) is 5.69 Å². The quantitative estimate of drug-likeness (QED) is 0.904. The van der Waals surface area contributed by atoms with Gasteiger partial charge >= 0.3 is 0 Å². The first kappa shape index (κ1) is 15.6. The summed E-state index contributed by atoms with van der Waals surface area (Å²) in [5.41, 5.74) is 14.0. The zero-order valence-corrected chi connectivity index (χ0v) is 12.6. The zero-order chi connectivity index (χ0) is 16.6. The Morgan fingerprint density at radius 1 is 1.30 bits per heavy atom. The number of aromatic nitrogens is 2. The molecule has 0 bridgehead atoms. The highest BCUT2D eigenvalue weighted by molar-refractivity contribution is 5.73. The Morgan fingerprint density at radius 3 is 2.65 bits per heavy atom. The molecule has 3 rings (SSSR count). The second-order valence-corrected chi connectivity index (χ2v) is 5.81. The van der Waals surface area contributed by atoms with E-state index in [0.29, 0.717) is 17.8 Å². The van der Waals surface area contributed by atoms with E-state index >= 15 is 0 Å². The van der Waals surface area contributed by atoms with E-state index in [0.717, 1.165) is 36.6 Å². The van der Waals surface area contributed by atoms with Crippen LogP contribution in [0.5, 0.6) is 0 Å². The molecule has 2 aromatic rings. The first-order valence-corrected chi connectivity index (χ1v) is 7.55. The van der Waals surface area contributed by atoms with E-state index in [-0.39, 0.29) is 12.5 Å². The Labute approximate surface area is 132 Å². The standard InChI is InChI=1S/C16H18F2N4O/c17-10-6-9(7-11(18)8-10)16-15-12(19)2-1-3-13(15)22(21-16)5-4-14(20)23/h6-8,12H,1-5,19H2,(H2,20,23). The number of primary amides is 1. The van der Waals surface area contributed by atoms with Crippen molar-refractivity contribution in [2.45, 2.75) is 38.3 Å². The van der Waals surface area contributed by atoms with Crippen molar-refractivity contribution in [3.05, 3.63) is 41.1 Å². The van der Waals surface area contributed by atoms with Crippen LogP contribution in [-0.2, 0) is 17.8 Å². The third-order valence-electron chi connectivity index (χ3n) is 4.10. The van der Waals surface area contributed by atoms with E-state index in [4.69, 9.17) is 11.5 Å². The molecule has 1 unspecified atom stereocenters. The fourth-order valence-corrected chi connectivity index (χ4v) is 3.10. The Bertz CT molecular complexity index is 737. The lowest BCUT2D eigenvalue weighted by molar-refractivity contribution is -0.118. The lowest BCUT2D eigenvalue weighted by atomic mass is 9.89. The van der Waals surface area contributed by atoms with Gasteiger partial charge in [-0.15, -0.1) is 0 Å². The minimum atomic E-state index is -0.662. The molecule has 1 aliphatic carbocycles. The number of nitrogens with zero attached hydrogens (tertiary/aromatic N) is 2. The van der Waals surface area contributed by atoms with Crippen molar-refractivity contribution in [2.75, 3.05) is 0 Å². The molecule has 0 radical (unpaired) electrons. The fourth-order valence-electron chi connectivity index (χ4n) is 3.10. The largest absolute Gasteiger partial charge is 0.370 e. The zero-order valence-electron chi connectivity index (χ0n) is 12.6. The molecule has 1 heterocycles. The van der Waals surface area contributed by atoms with Crippen molar-refractivity contribution in [2.24, 2.45) is 11.5 Å². The van der Waals surface area contributed by atoms with Gasteiger partial charge in [0.25, 0.3) is 0 Å². The lowest BCUT2D eigenvalue weighted by Crippen LogP contribution is -2.20. The normalized spacial score (nSPS) is 17.1. The maximum atomic E-state index is 13.5. The van der Waals surface area contributed by atoms with E-state index < -0.39 is 17.5 Å². The predicted molar refractivity (Wildman–Crippen MR) is 81.3 cm³/mol. The third-order valence-corrected chi connectivity index (χ3v) is 4.10. The minimum Gasteiger partial charge on any atom is -0.370 e. The Balaban J connectivity index is 2.10. The number of rotatable bonds is 4. The van der Waals surface area contributed by atoms with Gasteiger partial charge < -0.3 is 11.5 Å². The van der Waals surface area contributed by atoms with Crippen LogP contribution in [0.4, 0.5) is 8.78 Å². The molecule has 122 valence electrons. The lowest BCUT2D eigenvalue weighted by Gasteiger charge is -2.20. The number of amides is 1. The molecule has 5 nitrogen and oxygen atoms in total. The smallest absolute Gasteiger partial charge is 0.219 e. The summed E-state index contributed by atoms with van der Waals surface area (Å²) in [4.78, 5) is 11.0. The molecular formula is C16H18F2N4O. The van der Waals surface area contributed by atoms with Crippen molar-refractivity contribution in [1.29, 1.82) is 0 Å². The Hall–Kier alpha value is -2.28. The van der Waals surface area contributed by atoms with Crippen molar-refractivity contribution >= 4 is 5.91 Å². The van der Waals surface area contributed by atoms with Gasteiger partial charge in [-0.3, -0.25) is 9.48 Å². The molecule has 1 aliphatic rings. The van der Waals surface area contributed by atoms with E-state index in [1.807, 2.05) is 0 Å². The summed E-state index contributed by atoms with van der Waals surface area (Å²) in [7, 11) is 0. The molecule has 4 N–H and O–H groups in total. The van der Waals surface area contributed by atoms with Crippen molar-refractivity contribution in [1.82, 2.24) is 9.78 Å². The second-order valence-electron chi connectivity index (χ2n) is 5.81. The Kier molecular flexibility index (Phi) is 4.12. The topological polar surface area (TPSA) is 86.9 Å². The van der Waals surface area contributed by atoms with Crippen LogP contribution in [0.15, 0.2) is 18.2 Å².